The third-order valence-electron chi connectivity index (χ3n) is 4.20. The van der Waals surface area contributed by atoms with Crippen LogP contribution in [0.3, 0.4) is 0 Å². The van der Waals surface area contributed by atoms with E-state index in [1.807, 2.05) is 24.4 Å². The first kappa shape index (κ1) is 18.7. The zero-order valence-electron chi connectivity index (χ0n) is 14.1. The third kappa shape index (κ3) is 3.91. The Balaban J connectivity index is 0.00000225. The predicted molar refractivity (Wildman–Crippen MR) is 90.3 cm³/mol. The van der Waals surface area contributed by atoms with Crippen LogP contribution in [0.15, 0.2) is 36.4 Å². The molecule has 0 atom stereocenters. The largest absolute Gasteiger partial charge is 1.00 e. The summed E-state index contributed by atoms with van der Waals surface area (Å²) in [5.41, 5.74) is 3.11. The van der Waals surface area contributed by atoms with Crippen LogP contribution < -0.4 is 21.9 Å². The molecule has 0 aliphatic carbocycles. The molecule has 0 spiro atoms. The molecule has 0 saturated heterocycles. The smallest absolute Gasteiger partial charge is 0.278 e. The average Bonchev–Trinajstić information content (AvgIpc) is 2.60. The second-order valence-electron chi connectivity index (χ2n) is 5.64. The maximum absolute atomic E-state index is 11.2. The number of halogens is 1. The highest BCUT2D eigenvalue weighted by Crippen LogP contribution is 2.31. The van der Waals surface area contributed by atoms with E-state index >= 15 is 0 Å². The zero-order valence-corrected chi connectivity index (χ0v) is 14.8. The number of hydrogen-bond donors (Lipinski definition) is 0. The van der Waals surface area contributed by atoms with Crippen LogP contribution in [-0.2, 0) is 13.0 Å². The number of methoxy groups -OCH3 is 2. The molecule has 132 valence electrons. The lowest BCUT2D eigenvalue weighted by molar-refractivity contribution is -0.541. The summed E-state index contributed by atoms with van der Waals surface area (Å²) < 4.78 is 12.8. The van der Waals surface area contributed by atoms with Crippen molar-refractivity contribution in [2.75, 3.05) is 20.8 Å². The van der Waals surface area contributed by atoms with Crippen LogP contribution >= 0.6 is 0 Å². The lowest BCUT2D eigenvalue weighted by Gasteiger charge is -2.16. The Hall–Kier alpha value is -2.60. The zero-order chi connectivity index (χ0) is 17.1. The fourth-order valence-corrected chi connectivity index (χ4v) is 2.96. The number of ether oxygens (including phenoxy) is 2. The molecule has 0 bridgehead atoms. The molecule has 0 unspecified atom stereocenters. The molecule has 1 aliphatic heterocycles. The Bertz CT molecular complexity index is 821. The van der Waals surface area contributed by atoms with Crippen molar-refractivity contribution in [2.24, 2.45) is 0 Å². The molecule has 1 aliphatic rings. The fourth-order valence-electron chi connectivity index (χ4n) is 2.96. The average molecular weight is 363 g/mol. The van der Waals surface area contributed by atoms with Crippen LogP contribution in [0.1, 0.15) is 16.7 Å². The van der Waals surface area contributed by atoms with Gasteiger partial charge in [-0.2, -0.15) is 0 Å². The van der Waals surface area contributed by atoms with Gasteiger partial charge in [0.2, 0.25) is 0 Å². The van der Waals surface area contributed by atoms with Gasteiger partial charge in [-0.3, -0.25) is 10.1 Å². The number of para-hydroxylation sites is 1. The normalized spacial score (nSPS) is 12.5. The second kappa shape index (κ2) is 7.98. The first-order valence-electron chi connectivity index (χ1n) is 7.68. The number of benzene rings is 2. The van der Waals surface area contributed by atoms with Crippen molar-refractivity contribution in [3.63, 3.8) is 0 Å². The molecule has 0 N–H and O–H groups in total. The summed E-state index contributed by atoms with van der Waals surface area (Å²) in [5.74, 6) is 1.40. The Morgan fingerprint density at radius 3 is 2.52 bits per heavy atom. The third-order valence-corrected chi connectivity index (χ3v) is 4.20. The molecule has 1 heterocycles. The number of fused-ring (bicyclic) bond motifs is 1. The van der Waals surface area contributed by atoms with E-state index in [4.69, 9.17) is 9.47 Å². The van der Waals surface area contributed by atoms with Crippen molar-refractivity contribution >= 4 is 11.9 Å². The highest BCUT2D eigenvalue weighted by molar-refractivity contribution is 5.80. The molecule has 0 saturated carbocycles. The second-order valence-corrected chi connectivity index (χ2v) is 5.64. The quantitative estimate of drug-likeness (QED) is 0.420. The Morgan fingerprint density at radius 2 is 1.84 bits per heavy atom. The van der Waals surface area contributed by atoms with Crippen LogP contribution in [0.5, 0.6) is 11.5 Å². The first-order valence-corrected chi connectivity index (χ1v) is 7.68. The van der Waals surface area contributed by atoms with Crippen molar-refractivity contribution < 1.29 is 31.4 Å². The molecule has 3 rings (SSSR count). The van der Waals surface area contributed by atoms with Gasteiger partial charge in [-0.05, 0) is 23.8 Å². The summed E-state index contributed by atoms with van der Waals surface area (Å²) >= 11 is 0. The number of nitrogens with zero attached hydrogens (tertiary/aromatic N) is 2. The van der Waals surface area contributed by atoms with E-state index in [1.165, 1.54) is 5.56 Å². The summed E-state index contributed by atoms with van der Waals surface area (Å²) in [4.78, 5) is 10.8. The van der Waals surface area contributed by atoms with E-state index in [-0.39, 0.29) is 23.0 Å². The number of nitro groups is 1. The van der Waals surface area contributed by atoms with Gasteiger partial charge in [-0.15, -0.1) is 0 Å². The molecule has 0 radical (unpaired) electrons. The summed E-state index contributed by atoms with van der Waals surface area (Å²) in [6.07, 6.45) is 2.88. The van der Waals surface area contributed by atoms with Gasteiger partial charge in [0.15, 0.2) is 24.3 Å². The summed E-state index contributed by atoms with van der Waals surface area (Å²) in [6, 6.07) is 10.8. The van der Waals surface area contributed by atoms with Gasteiger partial charge in [-0.1, -0.05) is 12.1 Å². The molecule has 2 aromatic rings. The van der Waals surface area contributed by atoms with Gasteiger partial charge in [-0.25, -0.2) is 4.58 Å². The molecule has 6 nitrogen and oxygen atoms in total. The maximum Gasteiger partial charge on any atom is 0.278 e. The van der Waals surface area contributed by atoms with E-state index in [1.54, 1.807) is 32.4 Å². The standard InChI is InChI=1S/C18H19N2O4.ClH/c1-23-17-9-13-7-8-19(12-15(13)10-18(17)24-2)11-14-5-3-4-6-16(14)20(21)22;/h3-6,9-10,12H,7-8,11H2,1-2H3;1H/q+1;/p-1. The maximum atomic E-state index is 11.2. The topological polar surface area (TPSA) is 64.6 Å². The van der Waals surface area contributed by atoms with Crippen molar-refractivity contribution in [1.82, 2.24) is 0 Å². The molecule has 0 fully saturated rings. The minimum absolute atomic E-state index is 0. The SMILES string of the molecule is COc1cc2c(cc1OC)CC[N+](Cc1ccccc1[N+](=O)[O-])=C2.[Cl-]. The van der Waals surface area contributed by atoms with E-state index in [9.17, 15) is 10.1 Å². The van der Waals surface area contributed by atoms with Crippen LogP contribution in [0.4, 0.5) is 5.69 Å². The Labute approximate surface area is 152 Å². The lowest BCUT2D eigenvalue weighted by atomic mass is 10.0. The number of hydrogen-bond acceptors (Lipinski definition) is 4. The Morgan fingerprint density at radius 1 is 1.16 bits per heavy atom. The molecule has 25 heavy (non-hydrogen) atoms. The predicted octanol–water partition coefficient (Wildman–Crippen LogP) is -0.196. The van der Waals surface area contributed by atoms with E-state index in [2.05, 4.69) is 4.58 Å². The number of rotatable bonds is 5. The van der Waals surface area contributed by atoms with Gasteiger partial charge in [0, 0.05) is 18.1 Å². The van der Waals surface area contributed by atoms with E-state index < -0.39 is 0 Å². The molecular formula is C18H19ClN2O4. The molecule has 0 aromatic heterocycles. The van der Waals surface area contributed by atoms with Gasteiger partial charge < -0.3 is 21.9 Å². The van der Waals surface area contributed by atoms with Crippen LogP contribution in [0.2, 0.25) is 0 Å². The van der Waals surface area contributed by atoms with E-state index in [0.29, 0.717) is 17.9 Å². The molecular weight excluding hydrogens is 344 g/mol. The summed E-state index contributed by atoms with van der Waals surface area (Å²) in [5, 5.41) is 11.2. The van der Waals surface area contributed by atoms with E-state index in [0.717, 1.165) is 24.3 Å². The minimum atomic E-state index is -0.332. The number of nitro benzene ring substituents is 1. The van der Waals surface area contributed by atoms with Crippen molar-refractivity contribution in [1.29, 1.82) is 0 Å². The van der Waals surface area contributed by atoms with Crippen molar-refractivity contribution in [3.05, 3.63) is 63.2 Å². The monoisotopic (exact) mass is 362 g/mol. The van der Waals surface area contributed by atoms with Gasteiger partial charge in [0.25, 0.3) is 5.69 Å². The van der Waals surface area contributed by atoms with Crippen LogP contribution in [0, 0.1) is 10.1 Å². The van der Waals surface area contributed by atoms with Gasteiger partial charge >= 0.3 is 0 Å². The minimum Gasteiger partial charge on any atom is -1.00 e. The molecule has 2 aromatic carbocycles. The molecule has 0 amide bonds. The van der Waals surface area contributed by atoms with Gasteiger partial charge in [0.05, 0.1) is 24.7 Å². The van der Waals surface area contributed by atoms with Crippen molar-refractivity contribution in [3.8, 4) is 11.5 Å². The highest BCUT2D eigenvalue weighted by Gasteiger charge is 2.22. The summed E-state index contributed by atoms with van der Waals surface area (Å²) in [6.45, 7) is 1.31. The van der Waals surface area contributed by atoms with Crippen molar-refractivity contribution in [2.45, 2.75) is 13.0 Å². The van der Waals surface area contributed by atoms with Gasteiger partial charge in [0.1, 0.15) is 6.54 Å². The fraction of sp³-hybridized carbons (Fsp3) is 0.278. The Kier molecular flexibility index (Phi) is 5.98. The molecule has 7 heteroatoms. The first-order chi connectivity index (χ1) is 11.6. The van der Waals surface area contributed by atoms with Crippen LogP contribution in [0.25, 0.3) is 0 Å². The highest BCUT2D eigenvalue weighted by atomic mass is 35.5. The summed E-state index contributed by atoms with van der Waals surface area (Å²) in [7, 11) is 3.23. The lowest BCUT2D eigenvalue weighted by Crippen LogP contribution is -3.00. The van der Waals surface area contributed by atoms with Crippen LogP contribution in [-0.4, -0.2) is 36.5 Å².